The number of carbonyl (C=O) groups excluding carboxylic acids is 1. The van der Waals surface area contributed by atoms with Gasteiger partial charge in [-0.25, -0.2) is 0 Å². The third-order valence-corrected chi connectivity index (χ3v) is 3.85. The van der Waals surface area contributed by atoms with E-state index in [9.17, 15) is 9.59 Å². The van der Waals surface area contributed by atoms with Crippen molar-refractivity contribution in [3.63, 3.8) is 0 Å². The molecule has 2 saturated heterocycles. The van der Waals surface area contributed by atoms with E-state index in [-0.39, 0.29) is 24.5 Å². The molecule has 2 rings (SSSR count). The first-order valence-electron chi connectivity index (χ1n) is 7.38. The standard InChI is InChI=1S/C14H23NO5/c16-13(5-4-11-3-1-2-7-19-11)15-6-8-20-12(10-15)9-14(17)18/h11-12H,1-10H2,(H,17,18)/t11-,12-/m1/s1. The highest BCUT2D eigenvalue weighted by Crippen LogP contribution is 2.18. The number of carbonyl (C=O) groups is 2. The summed E-state index contributed by atoms with van der Waals surface area (Å²) in [5.74, 6) is -0.808. The van der Waals surface area contributed by atoms with Crippen molar-refractivity contribution in [3.05, 3.63) is 0 Å². The second-order valence-electron chi connectivity index (χ2n) is 5.46. The molecule has 6 nitrogen and oxygen atoms in total. The van der Waals surface area contributed by atoms with Crippen LogP contribution in [0.2, 0.25) is 0 Å². The summed E-state index contributed by atoms with van der Waals surface area (Å²) < 4.78 is 11.0. The van der Waals surface area contributed by atoms with Crippen molar-refractivity contribution in [2.24, 2.45) is 0 Å². The maximum atomic E-state index is 12.1. The molecule has 20 heavy (non-hydrogen) atoms. The molecular formula is C14H23NO5. The van der Waals surface area contributed by atoms with Gasteiger partial charge in [-0.05, 0) is 25.7 Å². The molecule has 1 N–H and O–H groups in total. The molecule has 0 aromatic heterocycles. The van der Waals surface area contributed by atoms with Gasteiger partial charge in [0.1, 0.15) is 0 Å². The van der Waals surface area contributed by atoms with Crippen LogP contribution in [0.1, 0.15) is 38.5 Å². The van der Waals surface area contributed by atoms with Gasteiger partial charge >= 0.3 is 5.97 Å². The zero-order valence-corrected chi connectivity index (χ0v) is 11.8. The fourth-order valence-corrected chi connectivity index (χ4v) is 2.74. The highest BCUT2D eigenvalue weighted by atomic mass is 16.5. The number of carboxylic acids is 1. The molecule has 0 spiro atoms. The SMILES string of the molecule is O=C(O)C[C@@H]1CN(C(=O)CC[C@H]2CCCCO2)CCO1. The number of hydrogen-bond donors (Lipinski definition) is 1. The molecule has 6 heteroatoms. The molecule has 2 atom stereocenters. The van der Waals surface area contributed by atoms with E-state index in [2.05, 4.69) is 0 Å². The third kappa shape index (κ3) is 4.76. The average Bonchev–Trinajstić information content (AvgIpc) is 2.45. The van der Waals surface area contributed by atoms with Crippen molar-refractivity contribution < 1.29 is 24.2 Å². The first-order chi connectivity index (χ1) is 9.65. The first kappa shape index (κ1) is 15.3. The van der Waals surface area contributed by atoms with Crippen LogP contribution in [-0.2, 0) is 19.1 Å². The molecule has 0 aromatic rings. The third-order valence-electron chi connectivity index (χ3n) is 3.85. The van der Waals surface area contributed by atoms with Gasteiger partial charge in [0.2, 0.25) is 5.91 Å². The Morgan fingerprint density at radius 1 is 1.15 bits per heavy atom. The number of morpholine rings is 1. The van der Waals surface area contributed by atoms with E-state index in [1.165, 1.54) is 6.42 Å². The van der Waals surface area contributed by atoms with Crippen LogP contribution in [0.3, 0.4) is 0 Å². The molecule has 0 bridgehead atoms. The lowest BCUT2D eigenvalue weighted by atomic mass is 10.0. The maximum Gasteiger partial charge on any atom is 0.306 e. The van der Waals surface area contributed by atoms with Crippen LogP contribution in [0, 0.1) is 0 Å². The lowest BCUT2D eigenvalue weighted by Crippen LogP contribution is -2.46. The van der Waals surface area contributed by atoms with Crippen molar-refractivity contribution in [1.82, 2.24) is 4.90 Å². The zero-order valence-electron chi connectivity index (χ0n) is 11.8. The Bertz CT molecular complexity index is 340. The second-order valence-corrected chi connectivity index (χ2v) is 5.46. The minimum atomic E-state index is -0.889. The lowest BCUT2D eigenvalue weighted by molar-refractivity contribution is -0.148. The van der Waals surface area contributed by atoms with E-state index in [0.29, 0.717) is 26.1 Å². The Labute approximate surface area is 119 Å². The number of rotatable bonds is 5. The summed E-state index contributed by atoms with van der Waals surface area (Å²) >= 11 is 0. The Hall–Kier alpha value is -1.14. The molecule has 114 valence electrons. The van der Waals surface area contributed by atoms with E-state index in [1.807, 2.05) is 0 Å². The molecule has 0 unspecified atom stereocenters. The Kier molecular flexibility index (Phi) is 5.79. The average molecular weight is 285 g/mol. The Morgan fingerprint density at radius 3 is 2.65 bits per heavy atom. The number of ether oxygens (including phenoxy) is 2. The predicted octanol–water partition coefficient (Wildman–Crippen LogP) is 1.04. The molecule has 1 amide bonds. The normalized spacial score (nSPS) is 27.3. The monoisotopic (exact) mass is 285 g/mol. The molecule has 0 aliphatic carbocycles. The summed E-state index contributed by atoms with van der Waals surface area (Å²) in [6.07, 6.45) is 4.36. The summed E-state index contributed by atoms with van der Waals surface area (Å²) in [5, 5.41) is 8.76. The van der Waals surface area contributed by atoms with Crippen molar-refractivity contribution in [2.45, 2.75) is 50.7 Å². The van der Waals surface area contributed by atoms with Gasteiger partial charge in [0, 0.05) is 26.1 Å². The van der Waals surface area contributed by atoms with Crippen LogP contribution in [0.15, 0.2) is 0 Å². The van der Waals surface area contributed by atoms with Crippen LogP contribution in [0.4, 0.5) is 0 Å². The summed E-state index contributed by atoms with van der Waals surface area (Å²) in [4.78, 5) is 24.5. The number of amides is 1. The number of nitrogens with zero attached hydrogens (tertiary/aromatic N) is 1. The van der Waals surface area contributed by atoms with E-state index >= 15 is 0 Å². The van der Waals surface area contributed by atoms with E-state index in [1.54, 1.807) is 4.90 Å². The molecular weight excluding hydrogens is 262 g/mol. The van der Waals surface area contributed by atoms with E-state index in [4.69, 9.17) is 14.6 Å². The summed E-state index contributed by atoms with van der Waals surface area (Å²) in [7, 11) is 0. The Balaban J connectivity index is 1.72. The summed E-state index contributed by atoms with van der Waals surface area (Å²) in [6.45, 7) is 2.16. The zero-order chi connectivity index (χ0) is 14.4. The van der Waals surface area contributed by atoms with Crippen LogP contribution in [0.25, 0.3) is 0 Å². The Morgan fingerprint density at radius 2 is 1.95 bits per heavy atom. The van der Waals surface area contributed by atoms with E-state index in [0.717, 1.165) is 25.9 Å². The number of carboxylic acid groups (broad SMARTS) is 1. The molecule has 2 heterocycles. The van der Waals surface area contributed by atoms with Gasteiger partial charge in [0.15, 0.2) is 0 Å². The van der Waals surface area contributed by atoms with E-state index < -0.39 is 5.97 Å². The fraction of sp³-hybridized carbons (Fsp3) is 0.857. The van der Waals surface area contributed by atoms with Crippen LogP contribution >= 0.6 is 0 Å². The predicted molar refractivity (Wildman–Crippen MR) is 71.4 cm³/mol. The quantitative estimate of drug-likeness (QED) is 0.816. The molecule has 2 fully saturated rings. The number of aliphatic carboxylic acids is 1. The van der Waals surface area contributed by atoms with Gasteiger partial charge in [-0.2, -0.15) is 0 Å². The molecule has 0 saturated carbocycles. The largest absolute Gasteiger partial charge is 0.481 e. The maximum absolute atomic E-state index is 12.1. The van der Waals surface area contributed by atoms with Crippen molar-refractivity contribution in [1.29, 1.82) is 0 Å². The van der Waals surface area contributed by atoms with Gasteiger partial charge < -0.3 is 19.5 Å². The second kappa shape index (κ2) is 7.59. The van der Waals surface area contributed by atoms with Crippen LogP contribution in [0.5, 0.6) is 0 Å². The molecule has 0 aromatic carbocycles. The number of hydrogen-bond acceptors (Lipinski definition) is 4. The fourth-order valence-electron chi connectivity index (χ4n) is 2.74. The first-order valence-corrected chi connectivity index (χ1v) is 7.38. The summed E-state index contributed by atoms with van der Waals surface area (Å²) in [5.41, 5.74) is 0. The van der Waals surface area contributed by atoms with Gasteiger partial charge in [-0.3, -0.25) is 9.59 Å². The van der Waals surface area contributed by atoms with Gasteiger partial charge in [-0.1, -0.05) is 0 Å². The van der Waals surface area contributed by atoms with Crippen molar-refractivity contribution in [3.8, 4) is 0 Å². The topological polar surface area (TPSA) is 76.1 Å². The summed E-state index contributed by atoms with van der Waals surface area (Å²) in [6, 6.07) is 0. The minimum Gasteiger partial charge on any atom is -0.481 e. The molecule has 2 aliphatic heterocycles. The van der Waals surface area contributed by atoms with Gasteiger partial charge in [-0.15, -0.1) is 0 Å². The van der Waals surface area contributed by atoms with Gasteiger partial charge in [0.25, 0.3) is 0 Å². The van der Waals surface area contributed by atoms with Crippen LogP contribution in [-0.4, -0.2) is 60.4 Å². The molecule has 0 radical (unpaired) electrons. The molecule has 2 aliphatic rings. The highest BCUT2D eigenvalue weighted by Gasteiger charge is 2.26. The van der Waals surface area contributed by atoms with Gasteiger partial charge in [0.05, 0.1) is 25.2 Å². The minimum absolute atomic E-state index is 0.0461. The smallest absolute Gasteiger partial charge is 0.306 e. The lowest BCUT2D eigenvalue weighted by Gasteiger charge is -2.33. The highest BCUT2D eigenvalue weighted by molar-refractivity contribution is 5.76. The van der Waals surface area contributed by atoms with Crippen LogP contribution < -0.4 is 0 Å². The van der Waals surface area contributed by atoms with Crippen molar-refractivity contribution >= 4 is 11.9 Å². The van der Waals surface area contributed by atoms with Crippen molar-refractivity contribution in [2.75, 3.05) is 26.3 Å².